The zero-order valence-corrected chi connectivity index (χ0v) is 10.6. The largest absolute Gasteiger partial charge is 0.359 e. The Balaban J connectivity index is 2.77. The summed E-state index contributed by atoms with van der Waals surface area (Å²) >= 11 is 0. The first-order valence-electron chi connectivity index (χ1n) is 5.78. The van der Waals surface area contributed by atoms with Gasteiger partial charge in [0, 0.05) is 11.4 Å². The molecule has 0 radical (unpaired) electrons. The monoisotopic (exact) mass is 226 g/mol. The van der Waals surface area contributed by atoms with Crippen molar-refractivity contribution in [2.24, 2.45) is 0 Å². The number of nitriles is 1. The van der Waals surface area contributed by atoms with Crippen molar-refractivity contribution in [3.63, 3.8) is 0 Å². The van der Waals surface area contributed by atoms with Gasteiger partial charge >= 0.3 is 0 Å². The van der Waals surface area contributed by atoms with Gasteiger partial charge in [-0.2, -0.15) is 5.26 Å². The van der Waals surface area contributed by atoms with E-state index in [-0.39, 0.29) is 0 Å². The molecule has 0 aromatic heterocycles. The van der Waals surface area contributed by atoms with Gasteiger partial charge in [0.05, 0.1) is 11.6 Å². The Bertz CT molecular complexity index is 476. The van der Waals surface area contributed by atoms with Crippen LogP contribution in [-0.4, -0.2) is 0 Å². The van der Waals surface area contributed by atoms with Crippen molar-refractivity contribution in [2.75, 3.05) is 5.32 Å². The quantitative estimate of drug-likeness (QED) is 0.780. The van der Waals surface area contributed by atoms with Gasteiger partial charge in [-0.1, -0.05) is 24.6 Å². The second-order valence-electron chi connectivity index (χ2n) is 4.00. The maximum atomic E-state index is 8.81. The third-order valence-electron chi connectivity index (χ3n) is 2.30. The Kier molecular flexibility index (Phi) is 5.03. The molecule has 0 bridgehead atoms. The smallest absolute Gasteiger partial charge is 0.0992 e. The molecule has 0 atom stereocenters. The molecule has 0 fully saturated rings. The fourth-order valence-corrected chi connectivity index (χ4v) is 1.65. The molecule has 88 valence electrons. The molecular weight excluding hydrogens is 208 g/mol. The van der Waals surface area contributed by atoms with E-state index in [9.17, 15) is 0 Å². The van der Waals surface area contributed by atoms with Gasteiger partial charge in [-0.3, -0.25) is 0 Å². The summed E-state index contributed by atoms with van der Waals surface area (Å²) in [5.41, 5.74) is 3.93. The van der Waals surface area contributed by atoms with E-state index in [0.717, 1.165) is 17.8 Å². The van der Waals surface area contributed by atoms with E-state index in [4.69, 9.17) is 5.26 Å². The zero-order chi connectivity index (χ0) is 12.7. The van der Waals surface area contributed by atoms with Crippen LogP contribution < -0.4 is 5.32 Å². The van der Waals surface area contributed by atoms with Gasteiger partial charge in [-0.05, 0) is 44.5 Å². The summed E-state index contributed by atoms with van der Waals surface area (Å²) in [6.45, 7) is 6.23. The first kappa shape index (κ1) is 13.1. The number of nitrogens with one attached hydrogen (secondary N) is 1. The van der Waals surface area contributed by atoms with Gasteiger partial charge in [0.25, 0.3) is 0 Å². The molecular formula is C15H18N2. The molecule has 0 saturated carbocycles. The number of allylic oxidation sites excluding steroid dienone is 4. The highest BCUT2D eigenvalue weighted by Crippen LogP contribution is 2.13. The Morgan fingerprint density at radius 1 is 1.41 bits per heavy atom. The molecule has 0 heterocycles. The molecule has 1 rings (SSSR count). The van der Waals surface area contributed by atoms with Gasteiger partial charge in [0.2, 0.25) is 0 Å². The fraction of sp³-hybridized carbons (Fsp3) is 0.267. The summed E-state index contributed by atoms with van der Waals surface area (Å²) < 4.78 is 0. The molecule has 0 unspecified atom stereocenters. The Morgan fingerprint density at radius 2 is 2.18 bits per heavy atom. The minimum atomic E-state index is 0.670. The Labute approximate surface area is 103 Å². The second-order valence-corrected chi connectivity index (χ2v) is 4.00. The van der Waals surface area contributed by atoms with Crippen molar-refractivity contribution in [2.45, 2.75) is 27.2 Å². The minimum Gasteiger partial charge on any atom is -0.359 e. The number of hydrogen-bond acceptors (Lipinski definition) is 2. The summed E-state index contributed by atoms with van der Waals surface area (Å²) in [4.78, 5) is 0. The maximum absolute atomic E-state index is 8.81. The maximum Gasteiger partial charge on any atom is 0.0992 e. The number of hydrogen-bond donors (Lipinski definition) is 1. The zero-order valence-electron chi connectivity index (χ0n) is 10.6. The van der Waals surface area contributed by atoms with Crippen molar-refractivity contribution >= 4 is 5.69 Å². The third-order valence-corrected chi connectivity index (χ3v) is 2.30. The van der Waals surface area contributed by atoms with Gasteiger partial charge in [-0.25, -0.2) is 0 Å². The van der Waals surface area contributed by atoms with Crippen LogP contribution in [0.2, 0.25) is 0 Å². The van der Waals surface area contributed by atoms with Crippen LogP contribution in [0.1, 0.15) is 32.8 Å². The molecule has 0 aliphatic carbocycles. The van der Waals surface area contributed by atoms with Crippen LogP contribution in [-0.2, 0) is 0 Å². The van der Waals surface area contributed by atoms with Gasteiger partial charge in [-0.15, -0.1) is 0 Å². The number of nitrogens with zero attached hydrogens (tertiary/aromatic N) is 1. The normalized spacial score (nSPS) is 12.1. The molecule has 1 N–H and O–H groups in total. The minimum absolute atomic E-state index is 0.670. The predicted octanol–water partition coefficient (Wildman–Crippen LogP) is 4.23. The van der Waals surface area contributed by atoms with Crippen molar-refractivity contribution in [3.05, 3.63) is 53.3 Å². The highest BCUT2D eigenvalue weighted by atomic mass is 14.9. The first-order chi connectivity index (χ1) is 8.15. The molecule has 0 aliphatic rings. The van der Waals surface area contributed by atoms with Crippen LogP contribution in [0.3, 0.4) is 0 Å². The summed E-state index contributed by atoms with van der Waals surface area (Å²) in [6.07, 6.45) is 5.32. The summed E-state index contributed by atoms with van der Waals surface area (Å²) in [5, 5.41) is 12.1. The van der Waals surface area contributed by atoms with E-state index in [0.29, 0.717) is 5.56 Å². The molecule has 0 spiro atoms. The van der Waals surface area contributed by atoms with Gasteiger partial charge in [0.15, 0.2) is 0 Å². The van der Waals surface area contributed by atoms with Crippen molar-refractivity contribution in [1.29, 1.82) is 5.26 Å². The van der Waals surface area contributed by atoms with E-state index < -0.39 is 0 Å². The summed E-state index contributed by atoms with van der Waals surface area (Å²) in [5.74, 6) is 0. The molecule has 0 amide bonds. The highest BCUT2D eigenvalue weighted by Gasteiger charge is 1.95. The Morgan fingerprint density at radius 3 is 2.82 bits per heavy atom. The highest BCUT2D eigenvalue weighted by molar-refractivity contribution is 5.52. The number of rotatable bonds is 4. The first-order valence-corrected chi connectivity index (χ1v) is 5.78. The predicted molar refractivity (Wildman–Crippen MR) is 72.6 cm³/mol. The van der Waals surface area contributed by atoms with Crippen molar-refractivity contribution in [3.8, 4) is 6.07 Å². The van der Waals surface area contributed by atoms with Crippen molar-refractivity contribution in [1.82, 2.24) is 0 Å². The topological polar surface area (TPSA) is 35.8 Å². The average molecular weight is 226 g/mol. The molecule has 17 heavy (non-hydrogen) atoms. The van der Waals surface area contributed by atoms with E-state index in [1.165, 1.54) is 5.57 Å². The van der Waals surface area contributed by atoms with Crippen LogP contribution in [0.4, 0.5) is 5.69 Å². The van der Waals surface area contributed by atoms with E-state index >= 15 is 0 Å². The lowest BCUT2D eigenvalue weighted by molar-refractivity contribution is 1.19. The van der Waals surface area contributed by atoms with Crippen LogP contribution in [0, 0.1) is 11.3 Å². The average Bonchev–Trinajstić information content (AvgIpc) is 2.29. The third kappa shape index (κ3) is 4.56. The molecule has 1 aromatic rings. The van der Waals surface area contributed by atoms with Crippen LogP contribution >= 0.6 is 0 Å². The Hall–Kier alpha value is -2.01. The molecule has 2 nitrogen and oxygen atoms in total. The van der Waals surface area contributed by atoms with Crippen LogP contribution in [0.5, 0.6) is 0 Å². The molecule has 2 heteroatoms. The van der Waals surface area contributed by atoms with E-state index in [1.54, 1.807) is 6.07 Å². The fourth-order valence-electron chi connectivity index (χ4n) is 1.65. The lowest BCUT2D eigenvalue weighted by Crippen LogP contribution is -1.96. The van der Waals surface area contributed by atoms with E-state index in [2.05, 4.69) is 37.4 Å². The van der Waals surface area contributed by atoms with E-state index in [1.807, 2.05) is 25.1 Å². The standard InChI is InChI=1S/C15H18N2/c1-4-6-12(2)9-13(3)17-15-8-5-7-14(10-15)11-16/h5-10,17H,4H2,1-3H3/b12-6+,13-9-. The number of benzene rings is 1. The van der Waals surface area contributed by atoms with Crippen molar-refractivity contribution < 1.29 is 0 Å². The summed E-state index contributed by atoms with van der Waals surface area (Å²) in [7, 11) is 0. The lowest BCUT2D eigenvalue weighted by Gasteiger charge is -2.07. The number of anilines is 1. The second kappa shape index (κ2) is 6.55. The van der Waals surface area contributed by atoms with Crippen LogP contribution in [0.25, 0.3) is 0 Å². The van der Waals surface area contributed by atoms with Crippen LogP contribution in [0.15, 0.2) is 47.7 Å². The molecule has 1 aromatic carbocycles. The lowest BCUT2D eigenvalue weighted by atomic mass is 10.2. The molecule has 0 aliphatic heterocycles. The SMILES string of the molecule is CC/C=C(C)/C=C(/C)Nc1cccc(C#N)c1. The van der Waals surface area contributed by atoms with Gasteiger partial charge < -0.3 is 5.32 Å². The molecule has 0 saturated heterocycles. The summed E-state index contributed by atoms with van der Waals surface area (Å²) in [6, 6.07) is 9.61. The van der Waals surface area contributed by atoms with Gasteiger partial charge in [0.1, 0.15) is 0 Å².